The summed E-state index contributed by atoms with van der Waals surface area (Å²) in [5, 5.41) is 0. The van der Waals surface area contributed by atoms with E-state index >= 15 is 0 Å². The zero-order valence-corrected chi connectivity index (χ0v) is 9.90. The van der Waals surface area contributed by atoms with Crippen LogP contribution in [-0.4, -0.2) is 19.1 Å². The fourth-order valence-corrected chi connectivity index (χ4v) is 2.24. The van der Waals surface area contributed by atoms with Crippen molar-refractivity contribution >= 4 is 28.8 Å². The van der Waals surface area contributed by atoms with Crippen molar-refractivity contribution in [2.24, 2.45) is 11.5 Å². The highest BCUT2D eigenvalue weighted by atomic mass is 35.5. The Balaban J connectivity index is 2.46. The van der Waals surface area contributed by atoms with E-state index in [2.05, 4.69) is 0 Å². The fraction of sp³-hybridized carbons (Fsp3) is 0.444. The van der Waals surface area contributed by atoms with E-state index in [0.29, 0.717) is 0 Å². The second kappa shape index (κ2) is 5.46. The monoisotopic (exact) mass is 248 g/mol. The van der Waals surface area contributed by atoms with Gasteiger partial charge >= 0.3 is 0 Å². The Labute approximate surface area is 97.2 Å². The van der Waals surface area contributed by atoms with E-state index in [4.69, 9.17) is 27.8 Å². The van der Waals surface area contributed by atoms with Gasteiger partial charge < -0.3 is 16.2 Å². The van der Waals surface area contributed by atoms with Crippen LogP contribution in [0, 0.1) is 6.92 Å². The second-order valence-corrected chi connectivity index (χ2v) is 4.88. The number of halogens is 1. The highest BCUT2D eigenvalue weighted by Crippen LogP contribution is 2.30. The third-order valence-corrected chi connectivity index (χ3v) is 3.47. The Morgan fingerprint density at radius 2 is 2.40 bits per heavy atom. The molecule has 0 spiro atoms. The molecule has 1 unspecified atom stereocenters. The van der Waals surface area contributed by atoms with Gasteiger partial charge in [-0.25, -0.2) is 0 Å². The number of rotatable bonds is 5. The van der Waals surface area contributed by atoms with Crippen molar-refractivity contribution in [3.63, 3.8) is 0 Å². The molecule has 84 valence electrons. The second-order valence-electron chi connectivity index (χ2n) is 3.19. The molecule has 0 aromatic carbocycles. The summed E-state index contributed by atoms with van der Waals surface area (Å²) in [5.74, 6) is -0.498. The maximum absolute atomic E-state index is 10.4. The highest BCUT2D eigenvalue weighted by molar-refractivity contribution is 7.16. The summed E-state index contributed by atoms with van der Waals surface area (Å²) < 4.78 is 5.76. The summed E-state index contributed by atoms with van der Waals surface area (Å²) in [6, 6.07) is 1.66. The zero-order chi connectivity index (χ0) is 11.4. The summed E-state index contributed by atoms with van der Waals surface area (Å²) in [7, 11) is 0. The topological polar surface area (TPSA) is 78.3 Å². The quantitative estimate of drug-likeness (QED) is 0.822. The van der Waals surface area contributed by atoms with E-state index in [-0.39, 0.29) is 19.3 Å². The van der Waals surface area contributed by atoms with Crippen molar-refractivity contribution in [2.45, 2.75) is 13.0 Å². The van der Waals surface area contributed by atoms with Crippen molar-refractivity contribution < 1.29 is 9.53 Å². The Morgan fingerprint density at radius 1 is 1.73 bits per heavy atom. The first-order valence-corrected chi connectivity index (χ1v) is 5.57. The van der Waals surface area contributed by atoms with Crippen LogP contribution in [0.15, 0.2) is 6.07 Å². The van der Waals surface area contributed by atoms with Crippen LogP contribution >= 0.6 is 22.9 Å². The molecule has 0 aliphatic rings. The predicted octanol–water partition coefficient (Wildman–Crippen LogP) is 1.21. The number of primary amides is 1. The van der Waals surface area contributed by atoms with E-state index in [9.17, 15) is 4.79 Å². The molecule has 0 bridgehead atoms. The predicted molar refractivity (Wildman–Crippen MR) is 61.0 cm³/mol. The SMILES string of the molecule is Cc1cc(C(N)COCC(N)=O)sc1Cl. The van der Waals surface area contributed by atoms with E-state index in [0.717, 1.165) is 14.8 Å². The molecule has 4 nitrogen and oxygen atoms in total. The van der Waals surface area contributed by atoms with E-state index < -0.39 is 5.91 Å². The summed E-state index contributed by atoms with van der Waals surface area (Å²) in [5.41, 5.74) is 11.8. The summed E-state index contributed by atoms with van der Waals surface area (Å²) >= 11 is 7.33. The minimum atomic E-state index is -0.498. The van der Waals surface area contributed by atoms with Crippen molar-refractivity contribution in [1.82, 2.24) is 0 Å². The van der Waals surface area contributed by atoms with Gasteiger partial charge in [-0.3, -0.25) is 4.79 Å². The van der Waals surface area contributed by atoms with Gasteiger partial charge in [-0.05, 0) is 18.6 Å². The van der Waals surface area contributed by atoms with E-state index in [1.165, 1.54) is 11.3 Å². The lowest BCUT2D eigenvalue weighted by atomic mass is 10.2. The van der Waals surface area contributed by atoms with Crippen LogP contribution in [0.4, 0.5) is 0 Å². The van der Waals surface area contributed by atoms with Crippen LogP contribution in [-0.2, 0) is 9.53 Å². The Bertz CT molecular complexity index is 334. The number of hydrogen-bond donors (Lipinski definition) is 2. The lowest BCUT2D eigenvalue weighted by Gasteiger charge is -2.08. The van der Waals surface area contributed by atoms with Gasteiger partial charge in [-0.2, -0.15) is 0 Å². The highest BCUT2D eigenvalue weighted by Gasteiger charge is 2.11. The van der Waals surface area contributed by atoms with Crippen molar-refractivity contribution in [3.8, 4) is 0 Å². The lowest BCUT2D eigenvalue weighted by Crippen LogP contribution is -2.22. The minimum absolute atomic E-state index is 0.105. The Morgan fingerprint density at radius 3 is 2.87 bits per heavy atom. The van der Waals surface area contributed by atoms with Gasteiger partial charge in [0.05, 0.1) is 17.0 Å². The van der Waals surface area contributed by atoms with Gasteiger partial charge in [0.15, 0.2) is 0 Å². The molecule has 1 atom stereocenters. The molecule has 0 saturated heterocycles. The molecular formula is C9H13ClN2O2S. The zero-order valence-electron chi connectivity index (χ0n) is 8.33. The number of amides is 1. The van der Waals surface area contributed by atoms with Crippen LogP contribution in [0.3, 0.4) is 0 Å². The van der Waals surface area contributed by atoms with E-state index in [1.807, 2.05) is 13.0 Å². The minimum Gasteiger partial charge on any atom is -0.370 e. The third-order valence-electron chi connectivity index (χ3n) is 1.78. The number of carbonyl (C=O) groups excluding carboxylic acids is 1. The number of thiophene rings is 1. The number of hydrogen-bond acceptors (Lipinski definition) is 4. The van der Waals surface area contributed by atoms with Crippen LogP contribution < -0.4 is 11.5 Å². The van der Waals surface area contributed by atoms with E-state index in [1.54, 1.807) is 0 Å². The summed E-state index contributed by atoms with van der Waals surface area (Å²) in [6.07, 6.45) is 0. The van der Waals surface area contributed by atoms with Gasteiger partial charge in [0, 0.05) is 4.88 Å². The van der Waals surface area contributed by atoms with Crippen LogP contribution in [0.5, 0.6) is 0 Å². The molecule has 0 aliphatic heterocycles. The van der Waals surface area contributed by atoms with Gasteiger partial charge in [-0.1, -0.05) is 11.6 Å². The Kier molecular flexibility index (Phi) is 4.53. The molecule has 1 aromatic heterocycles. The van der Waals surface area contributed by atoms with Crippen LogP contribution in [0.25, 0.3) is 0 Å². The first-order chi connectivity index (χ1) is 7.00. The van der Waals surface area contributed by atoms with Crippen molar-refractivity contribution in [3.05, 3.63) is 20.8 Å². The van der Waals surface area contributed by atoms with Crippen LogP contribution in [0.1, 0.15) is 16.5 Å². The average molecular weight is 249 g/mol. The molecule has 1 heterocycles. The standard InChI is InChI=1S/C9H13ClN2O2S/c1-5-2-7(15-9(5)10)6(11)3-14-4-8(12)13/h2,6H,3-4,11H2,1H3,(H2,12,13). The molecule has 1 aromatic rings. The number of nitrogens with two attached hydrogens (primary N) is 2. The largest absolute Gasteiger partial charge is 0.370 e. The maximum atomic E-state index is 10.4. The molecule has 6 heteroatoms. The third kappa shape index (κ3) is 3.79. The first-order valence-electron chi connectivity index (χ1n) is 4.38. The average Bonchev–Trinajstić information content (AvgIpc) is 2.46. The summed E-state index contributed by atoms with van der Waals surface area (Å²) in [6.45, 7) is 2.07. The normalized spacial score (nSPS) is 12.7. The molecule has 0 saturated carbocycles. The molecule has 0 aliphatic carbocycles. The summed E-state index contributed by atoms with van der Waals surface area (Å²) in [4.78, 5) is 11.4. The lowest BCUT2D eigenvalue weighted by molar-refractivity contribution is -0.122. The number of carbonyl (C=O) groups is 1. The van der Waals surface area contributed by atoms with Crippen molar-refractivity contribution in [2.75, 3.05) is 13.2 Å². The van der Waals surface area contributed by atoms with Crippen LogP contribution in [0.2, 0.25) is 4.34 Å². The molecule has 1 amide bonds. The molecular weight excluding hydrogens is 236 g/mol. The van der Waals surface area contributed by atoms with Gasteiger partial charge in [0.2, 0.25) is 5.91 Å². The van der Waals surface area contributed by atoms with Crippen molar-refractivity contribution in [1.29, 1.82) is 0 Å². The Hall–Kier alpha value is -0.620. The molecule has 1 rings (SSSR count). The maximum Gasteiger partial charge on any atom is 0.243 e. The molecule has 4 N–H and O–H groups in total. The fourth-order valence-electron chi connectivity index (χ4n) is 1.03. The molecule has 0 radical (unpaired) electrons. The molecule has 15 heavy (non-hydrogen) atoms. The molecule has 0 fully saturated rings. The number of aryl methyl sites for hydroxylation is 1. The van der Waals surface area contributed by atoms with Gasteiger partial charge in [-0.15, -0.1) is 11.3 Å². The smallest absolute Gasteiger partial charge is 0.243 e. The van der Waals surface area contributed by atoms with Gasteiger partial charge in [0.1, 0.15) is 6.61 Å². The first kappa shape index (κ1) is 12.4. The van der Waals surface area contributed by atoms with Gasteiger partial charge in [0.25, 0.3) is 0 Å². The number of ether oxygens (including phenoxy) is 1.